The Balaban J connectivity index is 0.000000204. The lowest BCUT2D eigenvalue weighted by Gasteiger charge is -2.05. The molecule has 8 heteroatoms. The molecule has 0 unspecified atom stereocenters. The summed E-state index contributed by atoms with van der Waals surface area (Å²) in [5, 5.41) is 8.32. The lowest BCUT2D eigenvalue weighted by Crippen LogP contribution is -2.10. The van der Waals surface area contributed by atoms with Crippen LogP contribution < -0.4 is 11.2 Å². The zero-order chi connectivity index (χ0) is 15.2. The van der Waals surface area contributed by atoms with E-state index in [9.17, 15) is 18.0 Å². The number of nitrogen functional groups attached to an aromatic ring is 1. The number of rotatable bonds is 1. The first-order valence-corrected chi connectivity index (χ1v) is 5.24. The van der Waals surface area contributed by atoms with Gasteiger partial charge in [0, 0.05) is 5.69 Å². The van der Waals surface area contributed by atoms with Gasteiger partial charge in [0.1, 0.15) is 6.26 Å². The minimum Gasteiger partial charge on any atom is -0.478 e. The molecule has 1 aromatic carbocycles. The van der Waals surface area contributed by atoms with Crippen LogP contribution >= 0.6 is 0 Å². The Bertz CT molecular complexity index is 539. The maximum atomic E-state index is 11.9. The van der Waals surface area contributed by atoms with E-state index in [1.165, 1.54) is 30.7 Å². The highest BCUT2D eigenvalue weighted by Gasteiger charge is 2.30. The van der Waals surface area contributed by atoms with E-state index >= 15 is 0 Å². The van der Waals surface area contributed by atoms with Gasteiger partial charge < -0.3 is 15.7 Å². The van der Waals surface area contributed by atoms with Crippen LogP contribution in [-0.2, 0) is 15.8 Å². The Kier molecular flexibility index (Phi) is 5.01. The van der Waals surface area contributed by atoms with E-state index in [1.807, 2.05) is 0 Å². The fourth-order valence-electron chi connectivity index (χ4n) is 1.14. The van der Waals surface area contributed by atoms with E-state index in [0.29, 0.717) is 0 Å². The van der Waals surface area contributed by atoms with E-state index in [2.05, 4.69) is 10.3 Å². The zero-order valence-electron chi connectivity index (χ0n) is 10.0. The first-order chi connectivity index (χ1) is 9.30. The molecule has 20 heavy (non-hydrogen) atoms. The summed E-state index contributed by atoms with van der Waals surface area (Å²) in [7, 11) is 0. The molecule has 0 amide bonds. The Morgan fingerprint density at radius 3 is 2.40 bits per heavy atom. The number of carbonyl (C=O) groups is 1. The van der Waals surface area contributed by atoms with Crippen LogP contribution in [0.5, 0.6) is 0 Å². The predicted octanol–water partition coefficient (Wildman–Crippen LogP) is 2.29. The Morgan fingerprint density at radius 2 is 2.05 bits per heavy atom. The highest BCUT2D eigenvalue weighted by Crippen LogP contribution is 2.29. The van der Waals surface area contributed by atoms with Gasteiger partial charge in [-0.15, -0.1) is 0 Å². The molecule has 1 aromatic rings. The van der Waals surface area contributed by atoms with Crippen molar-refractivity contribution >= 4 is 11.7 Å². The third-order valence-electron chi connectivity index (χ3n) is 2.06. The molecule has 0 spiro atoms. The van der Waals surface area contributed by atoms with Gasteiger partial charge in [0.05, 0.1) is 17.3 Å². The topological polar surface area (TPSA) is 84.6 Å². The number of benzene rings is 1. The Morgan fingerprint density at radius 1 is 1.35 bits per heavy atom. The van der Waals surface area contributed by atoms with Gasteiger partial charge >= 0.3 is 12.1 Å². The van der Waals surface area contributed by atoms with Gasteiger partial charge in [-0.05, 0) is 24.3 Å². The van der Waals surface area contributed by atoms with Gasteiger partial charge in [0.25, 0.3) is 0 Å². The van der Waals surface area contributed by atoms with Crippen LogP contribution in [0.3, 0.4) is 0 Å². The fourth-order valence-corrected chi connectivity index (χ4v) is 1.14. The van der Waals surface area contributed by atoms with Crippen molar-refractivity contribution in [2.75, 3.05) is 5.73 Å². The SMILES string of the molecule is Nc1cccc(C(F)(F)F)c1.O=C(O)C1=CNOC=C1. The molecule has 0 aromatic heterocycles. The number of nitrogens with one attached hydrogen (secondary N) is 1. The summed E-state index contributed by atoms with van der Waals surface area (Å²) in [5.41, 5.74) is 7.04. The second-order valence-electron chi connectivity index (χ2n) is 3.57. The van der Waals surface area contributed by atoms with Crippen molar-refractivity contribution in [2.24, 2.45) is 0 Å². The first-order valence-electron chi connectivity index (χ1n) is 5.24. The normalized spacial score (nSPS) is 13.2. The molecule has 108 valence electrons. The number of aliphatic carboxylic acids is 1. The molecule has 1 heterocycles. The van der Waals surface area contributed by atoms with E-state index < -0.39 is 17.7 Å². The van der Waals surface area contributed by atoms with Gasteiger partial charge in [-0.1, -0.05) is 6.07 Å². The summed E-state index contributed by atoms with van der Waals surface area (Å²) in [5.74, 6) is -0.970. The molecule has 0 atom stereocenters. The second-order valence-corrected chi connectivity index (χ2v) is 3.57. The number of hydrogen-bond donors (Lipinski definition) is 3. The van der Waals surface area contributed by atoms with Crippen LogP contribution in [-0.4, -0.2) is 11.1 Å². The van der Waals surface area contributed by atoms with Crippen molar-refractivity contribution in [1.29, 1.82) is 0 Å². The van der Waals surface area contributed by atoms with Crippen LogP contribution in [0.4, 0.5) is 18.9 Å². The molecule has 0 radical (unpaired) electrons. The fraction of sp³-hybridized carbons (Fsp3) is 0.0833. The molecule has 0 fully saturated rings. The largest absolute Gasteiger partial charge is 0.478 e. The molecule has 0 bridgehead atoms. The summed E-state index contributed by atoms with van der Waals surface area (Å²) >= 11 is 0. The molecule has 0 saturated heterocycles. The summed E-state index contributed by atoms with van der Waals surface area (Å²) in [6.45, 7) is 0. The second kappa shape index (κ2) is 6.50. The van der Waals surface area contributed by atoms with Crippen molar-refractivity contribution in [3.63, 3.8) is 0 Å². The first kappa shape index (κ1) is 15.4. The maximum absolute atomic E-state index is 11.9. The highest BCUT2D eigenvalue weighted by molar-refractivity contribution is 5.89. The van der Waals surface area contributed by atoms with Gasteiger partial charge in [-0.2, -0.15) is 13.2 Å². The molecule has 1 aliphatic rings. The number of hydroxylamine groups is 1. The van der Waals surface area contributed by atoms with Crippen LogP contribution in [0.25, 0.3) is 0 Å². The number of hydrogen-bond acceptors (Lipinski definition) is 4. The molecule has 4 N–H and O–H groups in total. The lowest BCUT2D eigenvalue weighted by molar-refractivity contribution is -0.137. The minimum absolute atomic E-state index is 0.125. The third kappa shape index (κ3) is 4.92. The molecule has 5 nitrogen and oxygen atoms in total. The van der Waals surface area contributed by atoms with E-state index in [0.717, 1.165) is 12.1 Å². The van der Waals surface area contributed by atoms with Gasteiger partial charge in [-0.3, -0.25) is 0 Å². The number of anilines is 1. The summed E-state index contributed by atoms with van der Waals surface area (Å²) < 4.78 is 35.7. The minimum atomic E-state index is -4.30. The molecular weight excluding hydrogens is 277 g/mol. The average molecular weight is 288 g/mol. The number of halogens is 3. The molecule has 2 rings (SSSR count). The van der Waals surface area contributed by atoms with Crippen LogP contribution in [0.2, 0.25) is 0 Å². The van der Waals surface area contributed by atoms with Gasteiger partial charge in [-0.25, -0.2) is 10.3 Å². The molecule has 0 saturated carbocycles. The summed E-state index contributed by atoms with van der Waals surface area (Å²) in [6, 6.07) is 4.57. The highest BCUT2D eigenvalue weighted by atomic mass is 19.4. The van der Waals surface area contributed by atoms with Crippen LogP contribution in [0.1, 0.15) is 5.56 Å². The number of carboxylic acids is 1. The number of nitrogens with two attached hydrogens (primary N) is 1. The lowest BCUT2D eigenvalue weighted by atomic mass is 10.2. The van der Waals surface area contributed by atoms with Gasteiger partial charge in [0.15, 0.2) is 0 Å². The number of carboxylic acid groups (broad SMARTS) is 1. The van der Waals surface area contributed by atoms with Crippen LogP contribution in [0.15, 0.2) is 48.4 Å². The third-order valence-corrected chi connectivity index (χ3v) is 2.06. The molecule has 0 aliphatic carbocycles. The van der Waals surface area contributed by atoms with Crippen molar-refractivity contribution in [1.82, 2.24) is 5.48 Å². The van der Waals surface area contributed by atoms with E-state index in [4.69, 9.17) is 10.8 Å². The standard InChI is InChI=1S/C7H6F3N.C5H5NO3/c8-7(9,10)5-2-1-3-6(11)4-5;7-5(8)4-1-2-9-6-3-4/h1-4H,11H2;1-3,6H,(H,7,8). The quantitative estimate of drug-likeness (QED) is 0.690. The van der Waals surface area contributed by atoms with Crippen molar-refractivity contribution in [3.8, 4) is 0 Å². The zero-order valence-corrected chi connectivity index (χ0v) is 10.0. The summed E-state index contributed by atoms with van der Waals surface area (Å²) in [4.78, 5) is 14.6. The van der Waals surface area contributed by atoms with Crippen molar-refractivity contribution in [2.45, 2.75) is 6.18 Å². The number of alkyl halides is 3. The smallest absolute Gasteiger partial charge is 0.416 e. The van der Waals surface area contributed by atoms with E-state index in [1.54, 1.807) is 0 Å². The van der Waals surface area contributed by atoms with Crippen molar-refractivity contribution in [3.05, 3.63) is 53.9 Å². The summed E-state index contributed by atoms with van der Waals surface area (Å²) in [6.07, 6.45) is -0.403. The maximum Gasteiger partial charge on any atom is 0.416 e. The Labute approximate surface area is 112 Å². The van der Waals surface area contributed by atoms with Gasteiger partial charge in [0.2, 0.25) is 0 Å². The predicted molar refractivity (Wildman–Crippen MR) is 64.9 cm³/mol. The van der Waals surface area contributed by atoms with Crippen LogP contribution in [0, 0.1) is 0 Å². The van der Waals surface area contributed by atoms with Crippen molar-refractivity contribution < 1.29 is 27.9 Å². The average Bonchev–Trinajstić information content (AvgIpc) is 2.39. The Hall–Kier alpha value is -2.64. The monoisotopic (exact) mass is 288 g/mol. The molecular formula is C12H11F3N2O3. The molecule has 1 aliphatic heterocycles. The van der Waals surface area contributed by atoms with E-state index in [-0.39, 0.29) is 11.3 Å².